The third-order valence-corrected chi connectivity index (χ3v) is 5.41. The van der Waals surface area contributed by atoms with E-state index in [9.17, 15) is 14.0 Å². The van der Waals surface area contributed by atoms with Crippen LogP contribution in [-0.4, -0.2) is 56.2 Å². The monoisotopic (exact) mass is 391 g/mol. The largest absolute Gasteiger partial charge is 0.338 e. The number of halogens is 2. The van der Waals surface area contributed by atoms with Crippen LogP contribution in [0.5, 0.6) is 0 Å². The van der Waals surface area contributed by atoms with Gasteiger partial charge in [0, 0.05) is 36.6 Å². The van der Waals surface area contributed by atoms with Gasteiger partial charge in [0.1, 0.15) is 11.5 Å². The minimum absolute atomic E-state index is 0.0422. The molecule has 0 atom stereocenters. The number of likely N-dealkylation sites (tertiary alicyclic amines) is 2. The minimum atomic E-state index is -0.467. The maximum Gasteiger partial charge on any atom is 0.227 e. The Labute approximate surface area is 160 Å². The maximum absolute atomic E-state index is 13.8. The van der Waals surface area contributed by atoms with Gasteiger partial charge in [0.05, 0.1) is 25.2 Å². The molecule has 2 fully saturated rings. The van der Waals surface area contributed by atoms with Crippen LogP contribution in [0.1, 0.15) is 30.1 Å². The van der Waals surface area contributed by atoms with Crippen LogP contribution in [-0.2, 0) is 22.6 Å². The molecule has 2 saturated heterocycles. The first-order chi connectivity index (χ1) is 13.0. The summed E-state index contributed by atoms with van der Waals surface area (Å²) in [5.41, 5.74) is 0.971. The van der Waals surface area contributed by atoms with Gasteiger partial charge >= 0.3 is 0 Å². The lowest BCUT2D eigenvalue weighted by molar-refractivity contribution is -0.136. The molecule has 2 aliphatic heterocycles. The Morgan fingerprint density at radius 3 is 2.85 bits per heavy atom. The Morgan fingerprint density at radius 2 is 2.15 bits per heavy atom. The first-order valence-electron chi connectivity index (χ1n) is 8.90. The fourth-order valence-corrected chi connectivity index (χ4v) is 3.65. The van der Waals surface area contributed by atoms with Gasteiger partial charge < -0.3 is 9.80 Å². The average Bonchev–Trinajstić information content (AvgIpc) is 3.20. The Hall–Kier alpha value is -2.48. The molecule has 1 aromatic carbocycles. The van der Waals surface area contributed by atoms with Crippen LogP contribution in [0.2, 0.25) is 5.02 Å². The van der Waals surface area contributed by atoms with Crippen molar-refractivity contribution in [1.82, 2.24) is 24.8 Å². The van der Waals surface area contributed by atoms with E-state index in [0.29, 0.717) is 26.1 Å². The second-order valence-electron chi connectivity index (χ2n) is 6.94. The number of hydrogen-bond donors (Lipinski definition) is 0. The minimum Gasteiger partial charge on any atom is -0.338 e. The van der Waals surface area contributed by atoms with Gasteiger partial charge in [-0.05, 0) is 18.6 Å². The zero-order valence-corrected chi connectivity index (χ0v) is 15.4. The van der Waals surface area contributed by atoms with E-state index in [4.69, 9.17) is 11.6 Å². The number of carbonyl (C=O) groups is 2. The number of nitrogens with zero attached hydrogens (tertiary/aromatic N) is 5. The van der Waals surface area contributed by atoms with Gasteiger partial charge in [0.15, 0.2) is 0 Å². The van der Waals surface area contributed by atoms with Gasteiger partial charge in [-0.15, -0.1) is 5.10 Å². The summed E-state index contributed by atoms with van der Waals surface area (Å²) in [6.45, 7) is 2.22. The molecule has 0 radical (unpaired) electrons. The lowest BCUT2D eigenvalue weighted by atomic mass is 10.1. The zero-order chi connectivity index (χ0) is 19.0. The molecule has 4 rings (SSSR count). The van der Waals surface area contributed by atoms with Crippen molar-refractivity contribution in [3.8, 4) is 0 Å². The summed E-state index contributed by atoms with van der Waals surface area (Å²) >= 11 is 5.99. The van der Waals surface area contributed by atoms with Gasteiger partial charge in [-0.3, -0.25) is 9.59 Å². The fourth-order valence-electron chi connectivity index (χ4n) is 3.42. The Balaban J connectivity index is 1.31. The van der Waals surface area contributed by atoms with Crippen LogP contribution in [0, 0.1) is 5.82 Å². The molecule has 2 amide bonds. The number of rotatable bonds is 5. The van der Waals surface area contributed by atoms with E-state index in [2.05, 4.69) is 10.3 Å². The van der Waals surface area contributed by atoms with Crippen molar-refractivity contribution in [1.29, 1.82) is 0 Å². The van der Waals surface area contributed by atoms with E-state index in [-0.39, 0.29) is 34.9 Å². The number of aromatic nitrogens is 3. The smallest absolute Gasteiger partial charge is 0.227 e. The van der Waals surface area contributed by atoms with Gasteiger partial charge in [0.25, 0.3) is 0 Å². The summed E-state index contributed by atoms with van der Waals surface area (Å²) in [4.78, 5) is 27.5. The van der Waals surface area contributed by atoms with E-state index in [1.165, 1.54) is 12.1 Å². The molecule has 1 aromatic heterocycles. The summed E-state index contributed by atoms with van der Waals surface area (Å²) < 4.78 is 15.6. The Kier molecular flexibility index (Phi) is 4.82. The molecule has 0 N–H and O–H groups in total. The van der Waals surface area contributed by atoms with Crippen LogP contribution < -0.4 is 0 Å². The summed E-state index contributed by atoms with van der Waals surface area (Å²) in [7, 11) is 0. The highest BCUT2D eigenvalue weighted by atomic mass is 35.5. The maximum atomic E-state index is 13.8. The Morgan fingerprint density at radius 1 is 1.33 bits per heavy atom. The van der Waals surface area contributed by atoms with Crippen LogP contribution in [0.25, 0.3) is 0 Å². The zero-order valence-electron chi connectivity index (χ0n) is 14.6. The highest BCUT2D eigenvalue weighted by molar-refractivity contribution is 6.31. The molecule has 142 valence electrons. The topological polar surface area (TPSA) is 71.3 Å². The molecule has 27 heavy (non-hydrogen) atoms. The third kappa shape index (κ3) is 3.66. The van der Waals surface area contributed by atoms with Gasteiger partial charge in [-0.2, -0.15) is 0 Å². The van der Waals surface area contributed by atoms with Gasteiger partial charge in [-0.1, -0.05) is 22.9 Å². The van der Waals surface area contributed by atoms with Crippen LogP contribution in [0.4, 0.5) is 4.39 Å². The summed E-state index contributed by atoms with van der Waals surface area (Å²) in [6.07, 6.45) is 3.25. The molecule has 0 unspecified atom stereocenters. The standard InChI is InChI=1S/C18H19ClFN5O2/c19-15-3-1-4-16(20)14(15)7-18(27)24-10-13(11-24)25-9-12(21-22-25)8-23-6-2-5-17(23)26/h1,3-4,9,13H,2,5-8,10-11H2. The van der Waals surface area contributed by atoms with Crippen LogP contribution in [0.3, 0.4) is 0 Å². The molecule has 0 aliphatic carbocycles. The van der Waals surface area contributed by atoms with Crippen molar-refractivity contribution in [3.63, 3.8) is 0 Å². The molecule has 0 saturated carbocycles. The van der Waals surface area contributed by atoms with Gasteiger partial charge in [-0.25, -0.2) is 9.07 Å². The van der Waals surface area contributed by atoms with Crippen molar-refractivity contribution >= 4 is 23.4 Å². The van der Waals surface area contributed by atoms with E-state index in [1.807, 2.05) is 6.20 Å². The van der Waals surface area contributed by atoms with Crippen molar-refractivity contribution < 1.29 is 14.0 Å². The molecular formula is C18H19ClFN5O2. The van der Waals surface area contributed by atoms with Gasteiger partial charge in [0.2, 0.25) is 11.8 Å². The summed E-state index contributed by atoms with van der Waals surface area (Å²) in [6, 6.07) is 4.44. The van der Waals surface area contributed by atoms with Crippen molar-refractivity contribution in [2.24, 2.45) is 0 Å². The highest BCUT2D eigenvalue weighted by Crippen LogP contribution is 2.25. The lowest BCUT2D eigenvalue weighted by Gasteiger charge is -2.39. The molecule has 2 aromatic rings. The number of amides is 2. The lowest BCUT2D eigenvalue weighted by Crippen LogP contribution is -2.51. The van der Waals surface area contributed by atoms with Crippen LogP contribution in [0.15, 0.2) is 24.4 Å². The SMILES string of the molecule is O=C1CCCN1Cc1cn(C2CN(C(=O)Cc3c(F)cccc3Cl)C2)nn1. The predicted molar refractivity (Wildman–Crippen MR) is 95.4 cm³/mol. The second kappa shape index (κ2) is 7.26. The van der Waals surface area contributed by atoms with Crippen molar-refractivity contribution in [3.05, 3.63) is 46.5 Å². The van der Waals surface area contributed by atoms with E-state index >= 15 is 0 Å². The molecule has 2 aliphatic rings. The molecule has 3 heterocycles. The molecular weight excluding hydrogens is 373 g/mol. The van der Waals surface area contributed by atoms with Crippen molar-refractivity contribution in [2.45, 2.75) is 31.8 Å². The summed E-state index contributed by atoms with van der Waals surface area (Å²) in [5.74, 6) is -0.483. The predicted octanol–water partition coefficient (Wildman–Crippen LogP) is 1.82. The normalized spacial score (nSPS) is 17.5. The number of hydrogen-bond acceptors (Lipinski definition) is 4. The number of benzene rings is 1. The second-order valence-corrected chi connectivity index (χ2v) is 7.35. The fraction of sp³-hybridized carbons (Fsp3) is 0.444. The van der Waals surface area contributed by atoms with Crippen LogP contribution >= 0.6 is 11.6 Å². The quantitative estimate of drug-likeness (QED) is 0.779. The molecule has 0 bridgehead atoms. The van der Waals surface area contributed by atoms with Crippen molar-refractivity contribution in [2.75, 3.05) is 19.6 Å². The first-order valence-corrected chi connectivity index (χ1v) is 9.28. The van der Waals surface area contributed by atoms with E-state index < -0.39 is 5.82 Å². The molecule has 9 heteroatoms. The third-order valence-electron chi connectivity index (χ3n) is 5.06. The Bertz CT molecular complexity index is 860. The molecule has 0 spiro atoms. The van der Waals surface area contributed by atoms with E-state index in [0.717, 1.165) is 18.7 Å². The number of carbonyl (C=O) groups excluding carboxylic acids is 2. The highest BCUT2D eigenvalue weighted by Gasteiger charge is 2.33. The first kappa shape index (κ1) is 17.9. The molecule has 7 nitrogen and oxygen atoms in total. The summed E-state index contributed by atoms with van der Waals surface area (Å²) in [5, 5.41) is 8.51. The van der Waals surface area contributed by atoms with E-state index in [1.54, 1.807) is 20.5 Å². The average molecular weight is 392 g/mol.